The van der Waals surface area contributed by atoms with Crippen molar-refractivity contribution in [2.75, 3.05) is 26.2 Å². The second-order valence-electron chi connectivity index (χ2n) is 5.41. The van der Waals surface area contributed by atoms with Gasteiger partial charge in [-0.1, -0.05) is 28.1 Å². The summed E-state index contributed by atoms with van der Waals surface area (Å²) in [6.07, 6.45) is 3.04. The molecule has 4 nitrogen and oxygen atoms in total. The van der Waals surface area contributed by atoms with E-state index in [2.05, 4.69) is 44.0 Å². The van der Waals surface area contributed by atoms with E-state index < -0.39 is 0 Å². The highest BCUT2D eigenvalue weighted by atomic mass is 79.9. The minimum absolute atomic E-state index is 0.262. The lowest BCUT2D eigenvalue weighted by molar-refractivity contribution is -0.0334. The molecule has 1 fully saturated rings. The van der Waals surface area contributed by atoms with Crippen LogP contribution in [-0.2, 0) is 11.3 Å². The van der Waals surface area contributed by atoms with E-state index in [1.807, 2.05) is 12.3 Å². The third-order valence-corrected chi connectivity index (χ3v) is 4.60. The highest BCUT2D eigenvalue weighted by molar-refractivity contribution is 9.10. The van der Waals surface area contributed by atoms with Gasteiger partial charge >= 0.3 is 0 Å². The molecule has 1 saturated heterocycles. The molecule has 0 saturated carbocycles. The molecule has 1 aromatic carbocycles. The number of halogens is 1. The molecule has 1 atom stereocenters. The summed E-state index contributed by atoms with van der Waals surface area (Å²) in [5, 5.41) is 1.17. The van der Waals surface area contributed by atoms with Crippen LogP contribution in [0.2, 0.25) is 0 Å². The number of rotatable bonds is 4. The molecular formula is C16H20BrN3O. The molecule has 0 amide bonds. The number of nitrogens with zero attached hydrogens (tertiary/aromatic N) is 2. The van der Waals surface area contributed by atoms with E-state index in [0.29, 0.717) is 6.54 Å². The lowest BCUT2D eigenvalue weighted by Crippen LogP contribution is -2.42. The summed E-state index contributed by atoms with van der Waals surface area (Å²) in [7, 11) is 0. The summed E-state index contributed by atoms with van der Waals surface area (Å²) >= 11 is 3.60. The molecule has 0 spiro atoms. The van der Waals surface area contributed by atoms with Crippen molar-refractivity contribution in [2.45, 2.75) is 19.1 Å². The fraction of sp³-hybridized carbons (Fsp3) is 0.438. The topological polar surface area (TPSA) is 51.4 Å². The van der Waals surface area contributed by atoms with Crippen LogP contribution < -0.4 is 5.73 Å². The molecule has 0 radical (unpaired) electrons. The molecule has 2 heterocycles. The summed E-state index contributed by atoms with van der Waals surface area (Å²) in [6.45, 7) is 4.28. The zero-order chi connectivity index (χ0) is 14.7. The van der Waals surface area contributed by atoms with Crippen molar-refractivity contribution in [3.63, 3.8) is 0 Å². The lowest BCUT2D eigenvalue weighted by atomic mass is 10.1. The SMILES string of the molecule is NCCC1CN(Cc2ccc(Br)c3cccnc23)CCO1. The second-order valence-corrected chi connectivity index (χ2v) is 6.27. The Balaban J connectivity index is 1.80. The minimum Gasteiger partial charge on any atom is -0.376 e. The van der Waals surface area contributed by atoms with Gasteiger partial charge in [0.25, 0.3) is 0 Å². The molecule has 1 aliphatic rings. The average Bonchev–Trinajstić information content (AvgIpc) is 2.51. The van der Waals surface area contributed by atoms with Crippen molar-refractivity contribution in [1.29, 1.82) is 0 Å². The predicted molar refractivity (Wildman–Crippen MR) is 88.1 cm³/mol. The van der Waals surface area contributed by atoms with Crippen LogP contribution in [-0.4, -0.2) is 42.2 Å². The van der Waals surface area contributed by atoms with Crippen LogP contribution in [0.1, 0.15) is 12.0 Å². The summed E-state index contributed by atoms with van der Waals surface area (Å²) < 4.78 is 6.84. The number of morpholine rings is 1. The van der Waals surface area contributed by atoms with Crippen LogP contribution >= 0.6 is 15.9 Å². The van der Waals surface area contributed by atoms with Gasteiger partial charge in [-0.05, 0) is 30.7 Å². The summed E-state index contributed by atoms with van der Waals surface area (Å²) in [5.41, 5.74) is 7.98. The number of pyridine rings is 1. The first-order chi connectivity index (χ1) is 10.3. The molecule has 2 aromatic rings. The first kappa shape index (κ1) is 14.9. The smallest absolute Gasteiger partial charge is 0.0758 e. The normalized spacial score (nSPS) is 20.0. The molecular weight excluding hydrogens is 330 g/mol. The van der Waals surface area contributed by atoms with E-state index >= 15 is 0 Å². The molecule has 1 unspecified atom stereocenters. The van der Waals surface area contributed by atoms with E-state index in [4.69, 9.17) is 10.5 Å². The van der Waals surface area contributed by atoms with Crippen LogP contribution in [0.25, 0.3) is 10.9 Å². The molecule has 0 bridgehead atoms. The molecule has 5 heteroatoms. The first-order valence-electron chi connectivity index (χ1n) is 7.34. The predicted octanol–water partition coefficient (Wildman–Crippen LogP) is 2.55. The number of nitrogens with two attached hydrogens (primary N) is 1. The van der Waals surface area contributed by atoms with Crippen molar-refractivity contribution < 1.29 is 4.74 Å². The van der Waals surface area contributed by atoms with Gasteiger partial charge in [0.15, 0.2) is 0 Å². The van der Waals surface area contributed by atoms with Crippen LogP contribution in [0.3, 0.4) is 0 Å². The van der Waals surface area contributed by atoms with Crippen molar-refractivity contribution in [1.82, 2.24) is 9.88 Å². The van der Waals surface area contributed by atoms with Gasteiger partial charge in [-0.2, -0.15) is 0 Å². The van der Waals surface area contributed by atoms with Crippen molar-refractivity contribution in [3.8, 4) is 0 Å². The Bertz CT molecular complexity index is 617. The summed E-state index contributed by atoms with van der Waals surface area (Å²) in [4.78, 5) is 6.99. The molecule has 3 rings (SSSR count). The van der Waals surface area contributed by atoms with E-state index in [1.165, 1.54) is 10.9 Å². The van der Waals surface area contributed by atoms with Gasteiger partial charge in [0.1, 0.15) is 0 Å². The van der Waals surface area contributed by atoms with Crippen molar-refractivity contribution in [3.05, 3.63) is 40.5 Å². The molecule has 0 aliphatic carbocycles. The van der Waals surface area contributed by atoms with Crippen LogP contribution in [0.4, 0.5) is 0 Å². The number of benzene rings is 1. The molecule has 21 heavy (non-hydrogen) atoms. The maximum atomic E-state index is 5.75. The largest absolute Gasteiger partial charge is 0.376 e. The Labute approximate surface area is 133 Å². The number of hydrogen-bond donors (Lipinski definition) is 1. The number of hydrogen-bond acceptors (Lipinski definition) is 4. The van der Waals surface area contributed by atoms with Gasteiger partial charge in [0.05, 0.1) is 18.2 Å². The van der Waals surface area contributed by atoms with Gasteiger partial charge in [0.2, 0.25) is 0 Å². The third kappa shape index (κ3) is 3.43. The molecule has 1 aromatic heterocycles. The average molecular weight is 350 g/mol. The number of ether oxygens (including phenoxy) is 1. The highest BCUT2D eigenvalue weighted by Gasteiger charge is 2.20. The van der Waals surface area contributed by atoms with E-state index in [9.17, 15) is 0 Å². The van der Waals surface area contributed by atoms with Gasteiger partial charge in [-0.25, -0.2) is 0 Å². The summed E-state index contributed by atoms with van der Waals surface area (Å²) in [5.74, 6) is 0. The number of aromatic nitrogens is 1. The van der Waals surface area contributed by atoms with Gasteiger partial charge < -0.3 is 10.5 Å². The van der Waals surface area contributed by atoms with Crippen LogP contribution in [0, 0.1) is 0 Å². The first-order valence-corrected chi connectivity index (χ1v) is 8.13. The lowest BCUT2D eigenvalue weighted by Gasteiger charge is -2.33. The Morgan fingerprint density at radius 2 is 2.29 bits per heavy atom. The standard InChI is InChI=1S/C16H20BrN3O/c17-15-4-3-12(16-14(15)2-1-7-19-16)10-20-8-9-21-13(11-20)5-6-18/h1-4,7,13H,5-6,8-11,18H2. The zero-order valence-corrected chi connectivity index (χ0v) is 13.6. The van der Waals surface area contributed by atoms with Crippen molar-refractivity contribution in [2.24, 2.45) is 5.73 Å². The van der Waals surface area contributed by atoms with Gasteiger partial charge in [-0.15, -0.1) is 0 Å². The van der Waals surface area contributed by atoms with Crippen molar-refractivity contribution >= 4 is 26.8 Å². The fourth-order valence-electron chi connectivity index (χ4n) is 2.85. The highest BCUT2D eigenvalue weighted by Crippen LogP contribution is 2.26. The maximum absolute atomic E-state index is 5.75. The van der Waals surface area contributed by atoms with Crippen LogP contribution in [0.5, 0.6) is 0 Å². The molecule has 2 N–H and O–H groups in total. The Morgan fingerprint density at radius 1 is 1.38 bits per heavy atom. The molecule has 1 aliphatic heterocycles. The Hall–Kier alpha value is -1.01. The van der Waals surface area contributed by atoms with E-state index in [-0.39, 0.29) is 6.10 Å². The van der Waals surface area contributed by atoms with E-state index in [1.54, 1.807) is 0 Å². The quantitative estimate of drug-likeness (QED) is 0.921. The van der Waals surface area contributed by atoms with E-state index in [0.717, 1.165) is 42.7 Å². The minimum atomic E-state index is 0.262. The fourth-order valence-corrected chi connectivity index (χ4v) is 3.30. The maximum Gasteiger partial charge on any atom is 0.0758 e. The second kappa shape index (κ2) is 6.83. The third-order valence-electron chi connectivity index (χ3n) is 3.91. The Morgan fingerprint density at radius 3 is 3.14 bits per heavy atom. The summed E-state index contributed by atoms with van der Waals surface area (Å²) in [6, 6.07) is 8.35. The molecule has 112 valence electrons. The van der Waals surface area contributed by atoms with Crippen LogP contribution in [0.15, 0.2) is 34.9 Å². The monoisotopic (exact) mass is 349 g/mol. The Kier molecular flexibility index (Phi) is 4.85. The van der Waals surface area contributed by atoms with Gasteiger partial charge in [-0.3, -0.25) is 9.88 Å². The van der Waals surface area contributed by atoms with Gasteiger partial charge in [0, 0.05) is 35.7 Å². The number of fused-ring (bicyclic) bond motifs is 1. The zero-order valence-electron chi connectivity index (χ0n) is 12.0.